The molecule has 7 heteroatoms. The molecule has 0 radical (unpaired) electrons. The summed E-state index contributed by atoms with van der Waals surface area (Å²) >= 11 is 0. The maximum Gasteiger partial charge on any atom is 0.248 e. The summed E-state index contributed by atoms with van der Waals surface area (Å²) in [5.41, 5.74) is 6.45. The summed E-state index contributed by atoms with van der Waals surface area (Å²) in [5, 5.41) is 0. The van der Waals surface area contributed by atoms with Crippen LogP contribution in [0.1, 0.15) is 0 Å². The van der Waals surface area contributed by atoms with Crippen LogP contribution in [-0.2, 0) is 4.74 Å². The van der Waals surface area contributed by atoms with Gasteiger partial charge in [-0.05, 0) is 24.3 Å². The Bertz CT molecular complexity index is 615. The van der Waals surface area contributed by atoms with E-state index in [2.05, 4.69) is 9.97 Å². The van der Waals surface area contributed by atoms with E-state index in [9.17, 15) is 4.39 Å². The Hall–Kier alpha value is -2.41. The van der Waals surface area contributed by atoms with Gasteiger partial charge in [-0.25, -0.2) is 9.37 Å². The molecule has 0 spiro atoms. The average Bonchev–Trinajstić information content (AvgIpc) is 2.52. The van der Waals surface area contributed by atoms with Gasteiger partial charge in [0.1, 0.15) is 23.6 Å². The monoisotopic (exact) mass is 290 g/mol. The van der Waals surface area contributed by atoms with E-state index >= 15 is 0 Å². The molecule has 1 aliphatic rings. The van der Waals surface area contributed by atoms with E-state index in [4.69, 9.17) is 15.2 Å². The van der Waals surface area contributed by atoms with Crippen molar-refractivity contribution in [2.45, 2.75) is 0 Å². The highest BCUT2D eigenvalue weighted by molar-refractivity contribution is 5.68. The van der Waals surface area contributed by atoms with Gasteiger partial charge in [-0.3, -0.25) is 0 Å². The van der Waals surface area contributed by atoms with Gasteiger partial charge in [-0.2, -0.15) is 4.98 Å². The summed E-state index contributed by atoms with van der Waals surface area (Å²) in [5.74, 6) is 1.03. The fraction of sp³-hybridized carbons (Fsp3) is 0.286. The molecule has 0 bridgehead atoms. The van der Waals surface area contributed by atoms with Crippen LogP contribution < -0.4 is 15.4 Å². The van der Waals surface area contributed by atoms with Crippen molar-refractivity contribution in [3.63, 3.8) is 0 Å². The number of anilines is 2. The van der Waals surface area contributed by atoms with Crippen molar-refractivity contribution in [2.75, 3.05) is 36.9 Å². The molecule has 110 valence electrons. The minimum Gasteiger partial charge on any atom is -0.437 e. The van der Waals surface area contributed by atoms with Crippen LogP contribution in [0.15, 0.2) is 30.6 Å². The summed E-state index contributed by atoms with van der Waals surface area (Å²) in [6, 6.07) is 5.67. The number of halogens is 1. The molecule has 0 atom stereocenters. The molecule has 6 nitrogen and oxygen atoms in total. The second-order valence-electron chi connectivity index (χ2n) is 4.57. The molecule has 3 rings (SSSR count). The highest BCUT2D eigenvalue weighted by Gasteiger charge is 2.18. The van der Waals surface area contributed by atoms with Crippen LogP contribution >= 0.6 is 0 Å². The van der Waals surface area contributed by atoms with Crippen LogP contribution in [0.4, 0.5) is 15.9 Å². The van der Waals surface area contributed by atoms with Crippen LogP contribution in [-0.4, -0.2) is 36.3 Å². The quantitative estimate of drug-likeness (QED) is 0.929. The second kappa shape index (κ2) is 5.92. The van der Waals surface area contributed by atoms with E-state index < -0.39 is 0 Å². The highest BCUT2D eigenvalue weighted by atomic mass is 19.1. The molecule has 0 unspecified atom stereocenters. The molecule has 2 heterocycles. The predicted molar refractivity (Wildman–Crippen MR) is 76.0 cm³/mol. The molecule has 21 heavy (non-hydrogen) atoms. The number of hydrogen-bond acceptors (Lipinski definition) is 6. The minimum atomic E-state index is -0.327. The van der Waals surface area contributed by atoms with Crippen molar-refractivity contribution in [2.24, 2.45) is 0 Å². The van der Waals surface area contributed by atoms with Gasteiger partial charge in [0.15, 0.2) is 5.82 Å². The zero-order valence-electron chi connectivity index (χ0n) is 11.3. The normalized spacial score (nSPS) is 15.0. The van der Waals surface area contributed by atoms with E-state index in [1.54, 1.807) is 0 Å². The Balaban J connectivity index is 1.84. The van der Waals surface area contributed by atoms with Gasteiger partial charge >= 0.3 is 0 Å². The largest absolute Gasteiger partial charge is 0.437 e. The van der Waals surface area contributed by atoms with Gasteiger partial charge in [0.05, 0.1) is 13.2 Å². The first-order valence-electron chi connectivity index (χ1n) is 6.60. The van der Waals surface area contributed by atoms with Crippen LogP contribution in [0.2, 0.25) is 0 Å². The molecule has 1 fully saturated rings. The zero-order chi connectivity index (χ0) is 14.7. The van der Waals surface area contributed by atoms with Crippen molar-refractivity contribution < 1.29 is 13.9 Å². The molecule has 0 aliphatic carbocycles. The average molecular weight is 290 g/mol. The number of aromatic nitrogens is 2. The van der Waals surface area contributed by atoms with Gasteiger partial charge in [-0.1, -0.05) is 0 Å². The first-order valence-corrected chi connectivity index (χ1v) is 6.60. The summed E-state index contributed by atoms with van der Waals surface area (Å²) < 4.78 is 23.8. The van der Waals surface area contributed by atoms with Crippen molar-refractivity contribution in [1.29, 1.82) is 0 Å². The first kappa shape index (κ1) is 13.6. The van der Waals surface area contributed by atoms with E-state index in [-0.39, 0.29) is 11.7 Å². The summed E-state index contributed by atoms with van der Waals surface area (Å²) in [7, 11) is 0. The van der Waals surface area contributed by atoms with Crippen molar-refractivity contribution in [1.82, 2.24) is 9.97 Å². The van der Waals surface area contributed by atoms with Gasteiger partial charge in [0.25, 0.3) is 0 Å². The molecule has 1 aromatic heterocycles. The number of ether oxygens (including phenoxy) is 2. The fourth-order valence-electron chi connectivity index (χ4n) is 2.09. The van der Waals surface area contributed by atoms with Crippen LogP contribution in [0.5, 0.6) is 11.6 Å². The standard InChI is InChI=1S/C14H15FN4O2/c15-10-1-3-11(4-2-10)21-14-12(16)13(17-9-18-14)19-5-7-20-8-6-19/h1-4,9H,5-8,16H2. The smallest absolute Gasteiger partial charge is 0.248 e. The van der Waals surface area contributed by atoms with Gasteiger partial charge in [0, 0.05) is 13.1 Å². The number of nitrogens with zero attached hydrogens (tertiary/aromatic N) is 3. The molecule has 1 aliphatic heterocycles. The van der Waals surface area contributed by atoms with Crippen molar-refractivity contribution in [3.05, 3.63) is 36.4 Å². The lowest BCUT2D eigenvalue weighted by molar-refractivity contribution is 0.122. The Morgan fingerprint density at radius 1 is 1.14 bits per heavy atom. The molecule has 2 N–H and O–H groups in total. The third-order valence-electron chi connectivity index (χ3n) is 3.17. The molecule has 0 amide bonds. The SMILES string of the molecule is Nc1c(Oc2ccc(F)cc2)ncnc1N1CCOCC1. The Morgan fingerprint density at radius 2 is 1.86 bits per heavy atom. The van der Waals surface area contributed by atoms with E-state index in [0.29, 0.717) is 30.5 Å². The second-order valence-corrected chi connectivity index (χ2v) is 4.57. The van der Waals surface area contributed by atoms with E-state index in [1.807, 2.05) is 4.90 Å². The Morgan fingerprint density at radius 3 is 2.57 bits per heavy atom. The lowest BCUT2D eigenvalue weighted by atomic mass is 10.3. The number of nitrogen functional groups attached to an aromatic ring is 1. The van der Waals surface area contributed by atoms with E-state index in [1.165, 1.54) is 30.6 Å². The van der Waals surface area contributed by atoms with Gasteiger partial charge < -0.3 is 20.1 Å². The lowest BCUT2D eigenvalue weighted by Gasteiger charge is -2.28. The van der Waals surface area contributed by atoms with Crippen LogP contribution in [0.3, 0.4) is 0 Å². The Labute approximate surface area is 121 Å². The first-order chi connectivity index (χ1) is 10.2. The summed E-state index contributed by atoms with van der Waals surface area (Å²) in [6.07, 6.45) is 1.40. The fourth-order valence-corrected chi connectivity index (χ4v) is 2.09. The number of hydrogen-bond donors (Lipinski definition) is 1. The third-order valence-corrected chi connectivity index (χ3v) is 3.17. The number of nitrogens with two attached hydrogens (primary N) is 1. The van der Waals surface area contributed by atoms with Crippen LogP contribution in [0.25, 0.3) is 0 Å². The molecule has 2 aromatic rings. The third kappa shape index (κ3) is 3.03. The highest BCUT2D eigenvalue weighted by Crippen LogP contribution is 2.31. The number of benzene rings is 1. The summed E-state index contributed by atoms with van der Waals surface area (Å²) in [6.45, 7) is 2.71. The van der Waals surface area contributed by atoms with Crippen molar-refractivity contribution in [3.8, 4) is 11.6 Å². The van der Waals surface area contributed by atoms with Gasteiger partial charge in [-0.15, -0.1) is 0 Å². The molecular weight excluding hydrogens is 275 g/mol. The predicted octanol–water partition coefficient (Wildman–Crippen LogP) is 1.83. The van der Waals surface area contributed by atoms with Crippen LogP contribution in [0, 0.1) is 5.82 Å². The van der Waals surface area contributed by atoms with Gasteiger partial charge in [0.2, 0.25) is 5.88 Å². The number of rotatable bonds is 3. The topological polar surface area (TPSA) is 73.5 Å². The molecular formula is C14H15FN4O2. The van der Waals surface area contributed by atoms with E-state index in [0.717, 1.165) is 13.1 Å². The maximum atomic E-state index is 12.9. The summed E-state index contributed by atoms with van der Waals surface area (Å²) in [4.78, 5) is 10.3. The maximum absolute atomic E-state index is 12.9. The molecule has 1 aromatic carbocycles. The zero-order valence-corrected chi connectivity index (χ0v) is 11.3. The molecule has 1 saturated heterocycles. The lowest BCUT2D eigenvalue weighted by Crippen LogP contribution is -2.37. The Kier molecular flexibility index (Phi) is 3.83. The minimum absolute atomic E-state index is 0.262. The number of morpholine rings is 1. The van der Waals surface area contributed by atoms with Crippen molar-refractivity contribution >= 4 is 11.5 Å². The molecule has 0 saturated carbocycles.